The Labute approximate surface area is 128 Å². The monoisotopic (exact) mass is 290 g/mol. The van der Waals surface area contributed by atoms with Gasteiger partial charge in [0.2, 0.25) is 5.91 Å². The molecule has 1 aliphatic heterocycles. The van der Waals surface area contributed by atoms with Gasteiger partial charge in [-0.25, -0.2) is 0 Å². The quantitative estimate of drug-likeness (QED) is 0.820. The van der Waals surface area contributed by atoms with Crippen molar-refractivity contribution < 1.29 is 9.69 Å². The van der Waals surface area contributed by atoms with Gasteiger partial charge in [0.15, 0.2) is 0 Å². The first-order valence-corrected chi connectivity index (χ1v) is 8.00. The van der Waals surface area contributed by atoms with E-state index in [0.29, 0.717) is 12.5 Å². The fourth-order valence-corrected chi connectivity index (χ4v) is 3.02. The van der Waals surface area contributed by atoms with Crippen LogP contribution < -0.4 is 15.1 Å². The Morgan fingerprint density at radius 1 is 1.24 bits per heavy atom. The molecule has 0 aromatic heterocycles. The molecule has 4 heteroatoms. The summed E-state index contributed by atoms with van der Waals surface area (Å²) in [4.78, 5) is 15.3. The molecule has 116 valence electrons. The number of rotatable bonds is 6. The highest BCUT2D eigenvalue weighted by Crippen LogP contribution is 2.17. The van der Waals surface area contributed by atoms with Crippen LogP contribution in [-0.2, 0) is 4.79 Å². The maximum Gasteiger partial charge on any atom is 0.219 e. The SMILES string of the molecule is CCC(=O)NC[C@H](c1ccc(N(C)C)cc1)[NH+]1CCCC1. The lowest BCUT2D eigenvalue weighted by Gasteiger charge is -2.25. The average Bonchev–Trinajstić information content (AvgIpc) is 3.01. The molecule has 1 aliphatic rings. The van der Waals surface area contributed by atoms with E-state index in [4.69, 9.17) is 0 Å². The summed E-state index contributed by atoms with van der Waals surface area (Å²) in [5.41, 5.74) is 2.54. The van der Waals surface area contributed by atoms with Gasteiger partial charge in [-0.3, -0.25) is 4.79 Å². The van der Waals surface area contributed by atoms with E-state index in [9.17, 15) is 4.79 Å². The fraction of sp³-hybridized carbons (Fsp3) is 0.588. The molecular formula is C17H28N3O+. The summed E-state index contributed by atoms with van der Waals surface area (Å²) in [7, 11) is 4.11. The molecule has 0 radical (unpaired) electrons. The molecular weight excluding hydrogens is 262 g/mol. The summed E-state index contributed by atoms with van der Waals surface area (Å²) in [6, 6.07) is 9.13. The molecule has 1 amide bonds. The molecule has 2 rings (SSSR count). The Morgan fingerprint density at radius 2 is 1.86 bits per heavy atom. The lowest BCUT2D eigenvalue weighted by atomic mass is 10.0. The zero-order chi connectivity index (χ0) is 15.2. The number of amides is 1. The summed E-state index contributed by atoms with van der Waals surface area (Å²) in [5, 5.41) is 3.07. The van der Waals surface area contributed by atoms with Gasteiger partial charge in [0.05, 0.1) is 19.6 Å². The lowest BCUT2D eigenvalue weighted by molar-refractivity contribution is -0.918. The third-order valence-electron chi connectivity index (χ3n) is 4.37. The summed E-state index contributed by atoms with van der Waals surface area (Å²) >= 11 is 0. The molecule has 0 unspecified atom stereocenters. The van der Waals surface area contributed by atoms with E-state index < -0.39 is 0 Å². The maximum absolute atomic E-state index is 11.6. The van der Waals surface area contributed by atoms with Gasteiger partial charge in [-0.2, -0.15) is 0 Å². The molecule has 0 saturated carbocycles. The first-order valence-electron chi connectivity index (χ1n) is 8.00. The van der Waals surface area contributed by atoms with Gasteiger partial charge in [-0.05, 0) is 12.1 Å². The van der Waals surface area contributed by atoms with E-state index in [2.05, 4.69) is 48.6 Å². The lowest BCUT2D eigenvalue weighted by Crippen LogP contribution is -3.11. The molecule has 1 atom stereocenters. The molecule has 0 spiro atoms. The van der Waals surface area contributed by atoms with E-state index in [0.717, 1.165) is 6.54 Å². The normalized spacial score (nSPS) is 16.7. The Hall–Kier alpha value is -1.55. The molecule has 1 saturated heterocycles. The van der Waals surface area contributed by atoms with Crippen molar-refractivity contribution in [1.29, 1.82) is 0 Å². The van der Waals surface area contributed by atoms with Crippen LogP contribution in [-0.4, -0.2) is 39.6 Å². The highest BCUT2D eigenvalue weighted by Gasteiger charge is 2.27. The minimum Gasteiger partial charge on any atom is -0.378 e. The summed E-state index contributed by atoms with van der Waals surface area (Å²) < 4.78 is 0. The maximum atomic E-state index is 11.6. The Morgan fingerprint density at radius 3 is 2.38 bits per heavy atom. The second-order valence-electron chi connectivity index (χ2n) is 6.06. The van der Waals surface area contributed by atoms with Crippen molar-refractivity contribution in [2.24, 2.45) is 0 Å². The highest BCUT2D eigenvalue weighted by atomic mass is 16.1. The molecule has 1 fully saturated rings. The van der Waals surface area contributed by atoms with Crippen molar-refractivity contribution in [3.8, 4) is 0 Å². The number of anilines is 1. The van der Waals surface area contributed by atoms with E-state index in [1.54, 1.807) is 4.90 Å². The van der Waals surface area contributed by atoms with Gasteiger partial charge in [0, 0.05) is 44.6 Å². The molecule has 1 aromatic rings. The molecule has 21 heavy (non-hydrogen) atoms. The van der Waals surface area contributed by atoms with Gasteiger partial charge in [0.1, 0.15) is 6.04 Å². The Kier molecular flexibility index (Phi) is 5.62. The van der Waals surface area contributed by atoms with Crippen LogP contribution >= 0.6 is 0 Å². The molecule has 0 bridgehead atoms. The van der Waals surface area contributed by atoms with Gasteiger partial charge in [0.25, 0.3) is 0 Å². The Bertz CT molecular complexity index is 450. The van der Waals surface area contributed by atoms with E-state index >= 15 is 0 Å². The van der Waals surface area contributed by atoms with Crippen molar-refractivity contribution in [3.05, 3.63) is 29.8 Å². The zero-order valence-corrected chi connectivity index (χ0v) is 13.5. The number of benzene rings is 1. The molecule has 1 aromatic carbocycles. The Balaban J connectivity index is 2.11. The van der Waals surface area contributed by atoms with Crippen LogP contribution in [0.3, 0.4) is 0 Å². The minimum atomic E-state index is 0.142. The van der Waals surface area contributed by atoms with Crippen LogP contribution in [0.1, 0.15) is 37.8 Å². The number of likely N-dealkylation sites (tertiary alicyclic amines) is 1. The number of hydrogen-bond acceptors (Lipinski definition) is 2. The van der Waals surface area contributed by atoms with Crippen LogP contribution in [0, 0.1) is 0 Å². The number of carbonyl (C=O) groups excluding carboxylic acids is 1. The molecule has 1 heterocycles. The van der Waals surface area contributed by atoms with Gasteiger partial charge >= 0.3 is 0 Å². The standard InChI is InChI=1S/C17H27N3O/c1-4-17(21)18-13-16(20-11-5-6-12-20)14-7-9-15(10-8-14)19(2)3/h7-10,16H,4-6,11-13H2,1-3H3,(H,18,21)/p+1/t16-/m1/s1. The smallest absolute Gasteiger partial charge is 0.219 e. The summed E-state index contributed by atoms with van der Waals surface area (Å²) in [6.45, 7) is 5.06. The first-order chi connectivity index (χ1) is 10.1. The molecule has 0 aliphatic carbocycles. The van der Waals surface area contributed by atoms with Crippen molar-refractivity contribution >= 4 is 11.6 Å². The predicted molar refractivity (Wildman–Crippen MR) is 86.7 cm³/mol. The molecule has 4 nitrogen and oxygen atoms in total. The third kappa shape index (κ3) is 4.21. The average molecular weight is 290 g/mol. The number of nitrogens with one attached hydrogen (secondary N) is 2. The van der Waals surface area contributed by atoms with Crippen molar-refractivity contribution in [3.63, 3.8) is 0 Å². The fourth-order valence-electron chi connectivity index (χ4n) is 3.02. The van der Waals surface area contributed by atoms with Crippen LogP contribution in [0.4, 0.5) is 5.69 Å². The van der Waals surface area contributed by atoms with Crippen LogP contribution in [0.2, 0.25) is 0 Å². The number of carbonyl (C=O) groups is 1. The van der Waals surface area contributed by atoms with Crippen molar-refractivity contribution in [2.75, 3.05) is 38.6 Å². The van der Waals surface area contributed by atoms with E-state index in [1.807, 2.05) is 6.92 Å². The summed E-state index contributed by atoms with van der Waals surface area (Å²) in [6.07, 6.45) is 3.15. The number of quaternary nitrogens is 1. The summed E-state index contributed by atoms with van der Waals surface area (Å²) in [5.74, 6) is 0.142. The highest BCUT2D eigenvalue weighted by molar-refractivity contribution is 5.75. The number of hydrogen-bond donors (Lipinski definition) is 2. The largest absolute Gasteiger partial charge is 0.378 e. The molecule has 2 N–H and O–H groups in total. The number of nitrogens with zero attached hydrogens (tertiary/aromatic N) is 1. The third-order valence-corrected chi connectivity index (χ3v) is 4.37. The van der Waals surface area contributed by atoms with Crippen LogP contribution in [0.15, 0.2) is 24.3 Å². The van der Waals surface area contributed by atoms with Gasteiger partial charge in [-0.1, -0.05) is 19.1 Å². The van der Waals surface area contributed by atoms with Crippen LogP contribution in [0.5, 0.6) is 0 Å². The van der Waals surface area contributed by atoms with E-state index in [1.165, 1.54) is 37.2 Å². The zero-order valence-electron chi connectivity index (χ0n) is 13.5. The van der Waals surface area contributed by atoms with Crippen molar-refractivity contribution in [1.82, 2.24) is 5.32 Å². The van der Waals surface area contributed by atoms with E-state index in [-0.39, 0.29) is 5.91 Å². The minimum absolute atomic E-state index is 0.142. The van der Waals surface area contributed by atoms with Crippen LogP contribution in [0.25, 0.3) is 0 Å². The van der Waals surface area contributed by atoms with Gasteiger partial charge < -0.3 is 15.1 Å². The predicted octanol–water partition coefficient (Wildman–Crippen LogP) is 0.999. The second kappa shape index (κ2) is 7.46. The topological polar surface area (TPSA) is 36.8 Å². The second-order valence-corrected chi connectivity index (χ2v) is 6.06. The van der Waals surface area contributed by atoms with Gasteiger partial charge in [-0.15, -0.1) is 0 Å². The first kappa shape index (κ1) is 15.8. The van der Waals surface area contributed by atoms with Crippen molar-refractivity contribution in [2.45, 2.75) is 32.2 Å².